The van der Waals surface area contributed by atoms with Crippen molar-refractivity contribution in [3.05, 3.63) is 0 Å². The Morgan fingerprint density at radius 2 is 1.60 bits per heavy atom. The smallest absolute Gasteiger partial charge is 0.323 e. The van der Waals surface area contributed by atoms with Crippen molar-refractivity contribution >= 4 is 12.0 Å². The van der Waals surface area contributed by atoms with Gasteiger partial charge in [0.05, 0.1) is 13.2 Å². The SMILES string of the molecule is CN(CC(=O)O)C(=O)N(CCO)CCO. The number of nitrogens with zero attached hydrogens (tertiary/aromatic N) is 2. The van der Waals surface area contributed by atoms with E-state index >= 15 is 0 Å². The van der Waals surface area contributed by atoms with Crippen molar-refractivity contribution in [1.29, 1.82) is 0 Å². The number of carbonyl (C=O) groups excluding carboxylic acids is 1. The van der Waals surface area contributed by atoms with Crippen LogP contribution in [-0.4, -0.2) is 77.0 Å². The number of carbonyl (C=O) groups is 2. The maximum absolute atomic E-state index is 11.5. The summed E-state index contributed by atoms with van der Waals surface area (Å²) in [5.41, 5.74) is 0. The normalized spacial score (nSPS) is 9.80. The molecule has 15 heavy (non-hydrogen) atoms. The van der Waals surface area contributed by atoms with E-state index in [1.54, 1.807) is 0 Å². The van der Waals surface area contributed by atoms with Crippen LogP contribution in [0.25, 0.3) is 0 Å². The molecule has 0 saturated heterocycles. The largest absolute Gasteiger partial charge is 0.480 e. The standard InChI is InChI=1S/C8H16N2O5/c1-9(6-7(13)14)8(15)10(2-4-11)3-5-12/h11-12H,2-6H2,1H3,(H,13,14). The molecule has 0 aliphatic heterocycles. The van der Waals surface area contributed by atoms with Crippen LogP contribution in [0.3, 0.4) is 0 Å². The van der Waals surface area contributed by atoms with E-state index < -0.39 is 18.5 Å². The molecule has 0 fully saturated rings. The molecule has 2 amide bonds. The second-order valence-electron chi connectivity index (χ2n) is 2.97. The van der Waals surface area contributed by atoms with Crippen molar-refractivity contribution in [2.45, 2.75) is 0 Å². The average molecular weight is 220 g/mol. The van der Waals surface area contributed by atoms with Crippen LogP contribution >= 0.6 is 0 Å². The van der Waals surface area contributed by atoms with Crippen molar-refractivity contribution < 1.29 is 24.9 Å². The lowest BCUT2D eigenvalue weighted by Crippen LogP contribution is -2.45. The molecule has 0 heterocycles. The van der Waals surface area contributed by atoms with Crippen LogP contribution in [0, 0.1) is 0 Å². The average Bonchev–Trinajstić information content (AvgIpc) is 2.15. The monoisotopic (exact) mass is 220 g/mol. The molecule has 0 aromatic carbocycles. The lowest BCUT2D eigenvalue weighted by molar-refractivity contribution is -0.137. The molecular weight excluding hydrogens is 204 g/mol. The molecule has 0 aromatic heterocycles. The number of rotatable bonds is 6. The summed E-state index contributed by atoms with van der Waals surface area (Å²) in [5, 5.41) is 25.8. The Morgan fingerprint density at radius 3 is 1.93 bits per heavy atom. The van der Waals surface area contributed by atoms with Gasteiger partial charge in [-0.1, -0.05) is 0 Å². The zero-order chi connectivity index (χ0) is 11.8. The first-order chi connectivity index (χ1) is 7.02. The van der Waals surface area contributed by atoms with Crippen LogP contribution in [-0.2, 0) is 4.79 Å². The quantitative estimate of drug-likeness (QED) is 0.501. The molecule has 0 aliphatic rings. The van der Waals surface area contributed by atoms with E-state index in [0.717, 1.165) is 4.90 Å². The van der Waals surface area contributed by atoms with Crippen molar-refractivity contribution in [1.82, 2.24) is 9.80 Å². The van der Waals surface area contributed by atoms with Gasteiger partial charge in [-0.2, -0.15) is 0 Å². The van der Waals surface area contributed by atoms with Gasteiger partial charge in [0.25, 0.3) is 0 Å². The number of aliphatic hydroxyl groups is 2. The first-order valence-corrected chi connectivity index (χ1v) is 4.46. The van der Waals surface area contributed by atoms with Gasteiger partial charge in [-0.15, -0.1) is 0 Å². The van der Waals surface area contributed by atoms with Crippen LogP contribution in [0.5, 0.6) is 0 Å². The Labute approximate surface area is 87.5 Å². The number of aliphatic hydroxyl groups excluding tert-OH is 2. The number of amides is 2. The molecule has 88 valence electrons. The molecule has 0 rings (SSSR count). The Kier molecular flexibility index (Phi) is 6.39. The summed E-state index contributed by atoms with van der Waals surface area (Å²) in [6.45, 7) is -0.724. The predicted molar refractivity (Wildman–Crippen MR) is 51.4 cm³/mol. The van der Waals surface area contributed by atoms with Gasteiger partial charge in [-0.05, 0) is 0 Å². The van der Waals surface area contributed by atoms with Gasteiger partial charge in [0.15, 0.2) is 0 Å². The van der Waals surface area contributed by atoms with Crippen LogP contribution < -0.4 is 0 Å². The van der Waals surface area contributed by atoms with Gasteiger partial charge in [0, 0.05) is 20.1 Å². The van der Waals surface area contributed by atoms with Gasteiger partial charge in [0.2, 0.25) is 0 Å². The topological polar surface area (TPSA) is 101 Å². The molecule has 0 unspecified atom stereocenters. The number of carboxylic acid groups (broad SMARTS) is 1. The van der Waals surface area contributed by atoms with Gasteiger partial charge in [-0.25, -0.2) is 4.79 Å². The molecular formula is C8H16N2O5. The number of urea groups is 1. The first kappa shape index (κ1) is 13.7. The number of hydrogen-bond donors (Lipinski definition) is 3. The molecule has 7 heteroatoms. The summed E-state index contributed by atoms with van der Waals surface area (Å²) in [6.07, 6.45) is 0. The highest BCUT2D eigenvalue weighted by Gasteiger charge is 2.18. The molecule has 0 aliphatic carbocycles. The number of aliphatic carboxylic acids is 1. The third kappa shape index (κ3) is 5.18. The third-order valence-corrected chi connectivity index (χ3v) is 1.71. The van der Waals surface area contributed by atoms with E-state index in [2.05, 4.69) is 0 Å². The van der Waals surface area contributed by atoms with Crippen molar-refractivity contribution in [3.63, 3.8) is 0 Å². The molecule has 0 spiro atoms. The van der Waals surface area contributed by atoms with Gasteiger partial charge < -0.3 is 25.1 Å². The van der Waals surface area contributed by atoms with E-state index in [4.69, 9.17) is 15.3 Å². The maximum atomic E-state index is 11.5. The van der Waals surface area contributed by atoms with Crippen LogP contribution in [0.15, 0.2) is 0 Å². The number of likely N-dealkylation sites (N-methyl/N-ethyl adjacent to an activating group) is 1. The fourth-order valence-electron chi connectivity index (χ4n) is 1.06. The number of hydrogen-bond acceptors (Lipinski definition) is 4. The summed E-state index contributed by atoms with van der Waals surface area (Å²) in [6, 6.07) is -0.527. The maximum Gasteiger partial charge on any atom is 0.323 e. The Balaban J connectivity index is 4.27. The second-order valence-corrected chi connectivity index (χ2v) is 2.97. The molecule has 0 saturated carbocycles. The minimum atomic E-state index is -1.11. The highest BCUT2D eigenvalue weighted by molar-refractivity contribution is 5.79. The first-order valence-electron chi connectivity index (χ1n) is 4.46. The van der Waals surface area contributed by atoms with E-state index in [-0.39, 0.29) is 26.3 Å². The second kappa shape index (κ2) is 7.02. The molecule has 0 radical (unpaired) electrons. The Hall–Kier alpha value is -1.34. The van der Waals surface area contributed by atoms with Crippen LogP contribution in [0.2, 0.25) is 0 Å². The van der Waals surface area contributed by atoms with E-state index in [9.17, 15) is 9.59 Å². The zero-order valence-electron chi connectivity index (χ0n) is 8.59. The third-order valence-electron chi connectivity index (χ3n) is 1.71. The molecule has 0 bridgehead atoms. The minimum Gasteiger partial charge on any atom is -0.480 e. The van der Waals surface area contributed by atoms with Crippen molar-refractivity contribution in [2.75, 3.05) is 39.9 Å². The summed E-state index contributed by atoms with van der Waals surface area (Å²) in [5.74, 6) is -1.11. The van der Waals surface area contributed by atoms with E-state index in [1.807, 2.05) is 0 Å². The Morgan fingerprint density at radius 1 is 1.13 bits per heavy atom. The summed E-state index contributed by atoms with van der Waals surface area (Å²) in [7, 11) is 1.35. The summed E-state index contributed by atoms with van der Waals surface area (Å²) >= 11 is 0. The summed E-state index contributed by atoms with van der Waals surface area (Å²) < 4.78 is 0. The molecule has 7 nitrogen and oxygen atoms in total. The van der Waals surface area contributed by atoms with Crippen molar-refractivity contribution in [3.8, 4) is 0 Å². The fraction of sp³-hybridized carbons (Fsp3) is 0.750. The highest BCUT2D eigenvalue weighted by Crippen LogP contribution is 1.96. The van der Waals surface area contributed by atoms with Gasteiger partial charge >= 0.3 is 12.0 Å². The highest BCUT2D eigenvalue weighted by atomic mass is 16.4. The lowest BCUT2D eigenvalue weighted by Gasteiger charge is -2.26. The number of carboxylic acids is 1. The van der Waals surface area contributed by atoms with Crippen LogP contribution in [0.4, 0.5) is 4.79 Å². The molecule has 0 atom stereocenters. The lowest BCUT2D eigenvalue weighted by atomic mass is 10.5. The van der Waals surface area contributed by atoms with Crippen LogP contribution in [0.1, 0.15) is 0 Å². The summed E-state index contributed by atoms with van der Waals surface area (Å²) in [4.78, 5) is 24.1. The predicted octanol–water partition coefficient (Wildman–Crippen LogP) is -1.59. The van der Waals surface area contributed by atoms with Gasteiger partial charge in [-0.3, -0.25) is 4.79 Å². The minimum absolute atomic E-state index is 0.0728. The van der Waals surface area contributed by atoms with E-state index in [0.29, 0.717) is 0 Å². The molecule has 0 aromatic rings. The zero-order valence-corrected chi connectivity index (χ0v) is 8.59. The Bertz CT molecular complexity index is 215. The van der Waals surface area contributed by atoms with Gasteiger partial charge in [0.1, 0.15) is 6.54 Å². The molecule has 3 N–H and O–H groups in total. The van der Waals surface area contributed by atoms with Crippen molar-refractivity contribution in [2.24, 2.45) is 0 Å². The van der Waals surface area contributed by atoms with E-state index in [1.165, 1.54) is 11.9 Å². The fourth-order valence-corrected chi connectivity index (χ4v) is 1.06.